The van der Waals surface area contributed by atoms with E-state index in [2.05, 4.69) is 4.98 Å². The smallest absolute Gasteiger partial charge is 0.338 e. The normalized spacial score (nSPS) is 16.2. The first-order valence-electron chi connectivity index (χ1n) is 8.00. The van der Waals surface area contributed by atoms with Crippen molar-refractivity contribution in [1.29, 1.82) is 0 Å². The third-order valence-corrected chi connectivity index (χ3v) is 3.84. The molecule has 1 aromatic heterocycles. The highest BCUT2D eigenvalue weighted by Gasteiger charge is 2.32. The van der Waals surface area contributed by atoms with Gasteiger partial charge < -0.3 is 15.2 Å². The number of anilines is 2. The van der Waals surface area contributed by atoms with Crippen molar-refractivity contribution in [2.24, 2.45) is 0 Å². The van der Waals surface area contributed by atoms with Crippen LogP contribution < -0.4 is 15.4 Å². The molecule has 0 aliphatic carbocycles. The topological polar surface area (TPSA) is 94.8 Å². The van der Waals surface area contributed by atoms with E-state index in [0.29, 0.717) is 36.1 Å². The predicted molar refractivity (Wildman–Crippen MR) is 92.3 cm³/mol. The number of amides is 1. The second-order valence-corrected chi connectivity index (χ2v) is 5.66. The zero-order chi connectivity index (χ0) is 18.0. The van der Waals surface area contributed by atoms with Crippen LogP contribution in [0.2, 0.25) is 0 Å². The molecule has 2 aromatic rings. The zero-order valence-electron chi connectivity index (χ0n) is 14.1. The quantitative estimate of drug-likeness (QED) is 0.856. The molecule has 0 fully saturated rings. The van der Waals surface area contributed by atoms with Crippen molar-refractivity contribution < 1.29 is 19.1 Å². The van der Waals surface area contributed by atoms with Crippen LogP contribution in [0.15, 0.2) is 36.4 Å². The maximum atomic E-state index is 12.5. The Balaban J connectivity index is 1.86. The van der Waals surface area contributed by atoms with Crippen LogP contribution in [0.4, 0.5) is 11.6 Å². The van der Waals surface area contributed by atoms with Crippen LogP contribution >= 0.6 is 0 Å². The summed E-state index contributed by atoms with van der Waals surface area (Å²) in [6.45, 7) is 4.08. The van der Waals surface area contributed by atoms with E-state index in [1.807, 2.05) is 0 Å². The third kappa shape index (κ3) is 3.40. The second kappa shape index (κ2) is 6.80. The molecular formula is C18H19N3O4. The van der Waals surface area contributed by atoms with Crippen molar-refractivity contribution in [2.75, 3.05) is 17.2 Å². The van der Waals surface area contributed by atoms with E-state index in [9.17, 15) is 9.59 Å². The number of benzene rings is 1. The van der Waals surface area contributed by atoms with Crippen molar-refractivity contribution in [1.82, 2.24) is 4.98 Å². The van der Waals surface area contributed by atoms with Crippen LogP contribution in [0.1, 0.15) is 29.8 Å². The number of carbonyl (C=O) groups is 2. The Bertz CT molecular complexity index is 804. The van der Waals surface area contributed by atoms with Gasteiger partial charge in [-0.05, 0) is 43.7 Å². The predicted octanol–water partition coefficient (Wildman–Crippen LogP) is 2.15. The number of carbonyl (C=O) groups excluding carboxylic acids is 2. The molecule has 0 saturated heterocycles. The highest BCUT2D eigenvalue weighted by molar-refractivity contribution is 5.98. The summed E-state index contributed by atoms with van der Waals surface area (Å²) in [4.78, 5) is 30.0. The zero-order valence-corrected chi connectivity index (χ0v) is 14.1. The summed E-state index contributed by atoms with van der Waals surface area (Å²) < 4.78 is 10.5. The van der Waals surface area contributed by atoms with Gasteiger partial charge in [-0.25, -0.2) is 9.78 Å². The summed E-state index contributed by atoms with van der Waals surface area (Å²) >= 11 is 0. The highest BCUT2D eigenvalue weighted by atomic mass is 16.5. The standard InChI is InChI=1S/C18H19N3O4/c1-3-24-18(23)13-6-4-12(5-7-13)10-21-16-14(8-9-15(19)20-16)25-11(2)17(21)22/h4-9,11H,3,10H2,1-2H3,(H2,19,20). The summed E-state index contributed by atoms with van der Waals surface area (Å²) in [6.07, 6.45) is -0.600. The van der Waals surface area contributed by atoms with Gasteiger partial charge in [0.25, 0.3) is 5.91 Å². The Morgan fingerprint density at radius 3 is 2.68 bits per heavy atom. The molecule has 1 aliphatic rings. The number of fused-ring (bicyclic) bond motifs is 1. The molecule has 0 radical (unpaired) electrons. The molecule has 2 N–H and O–H groups in total. The lowest BCUT2D eigenvalue weighted by Crippen LogP contribution is -2.44. The van der Waals surface area contributed by atoms with Crippen LogP contribution in [0.5, 0.6) is 5.75 Å². The van der Waals surface area contributed by atoms with Gasteiger partial charge in [-0.2, -0.15) is 0 Å². The lowest BCUT2D eigenvalue weighted by Gasteiger charge is -2.32. The van der Waals surface area contributed by atoms with E-state index in [0.717, 1.165) is 5.56 Å². The summed E-state index contributed by atoms with van der Waals surface area (Å²) in [5.41, 5.74) is 7.06. The summed E-state index contributed by atoms with van der Waals surface area (Å²) in [5, 5.41) is 0. The Morgan fingerprint density at radius 2 is 2.00 bits per heavy atom. The molecule has 1 atom stereocenters. The first-order valence-corrected chi connectivity index (χ1v) is 8.00. The third-order valence-electron chi connectivity index (χ3n) is 3.84. The fourth-order valence-electron chi connectivity index (χ4n) is 2.60. The van der Waals surface area contributed by atoms with Crippen molar-refractivity contribution in [3.8, 4) is 5.75 Å². The molecule has 130 valence electrons. The SMILES string of the molecule is CCOC(=O)c1ccc(CN2C(=O)C(C)Oc3ccc(N)nc32)cc1. The number of esters is 1. The molecule has 7 nitrogen and oxygen atoms in total. The van der Waals surface area contributed by atoms with Crippen LogP contribution in [0.3, 0.4) is 0 Å². The van der Waals surface area contributed by atoms with Gasteiger partial charge in [0, 0.05) is 0 Å². The minimum Gasteiger partial charge on any atom is -0.477 e. The maximum Gasteiger partial charge on any atom is 0.338 e. The largest absolute Gasteiger partial charge is 0.477 e. The lowest BCUT2D eigenvalue weighted by atomic mass is 10.1. The molecule has 7 heteroatoms. The molecule has 0 saturated carbocycles. The number of hydrogen-bond donors (Lipinski definition) is 1. The van der Waals surface area contributed by atoms with Gasteiger partial charge >= 0.3 is 5.97 Å². The molecule has 1 amide bonds. The molecular weight excluding hydrogens is 322 g/mol. The first kappa shape index (κ1) is 16.8. The molecule has 1 aliphatic heterocycles. The fraction of sp³-hybridized carbons (Fsp3) is 0.278. The molecule has 0 bridgehead atoms. The van der Waals surface area contributed by atoms with Gasteiger partial charge in [-0.3, -0.25) is 9.69 Å². The van der Waals surface area contributed by atoms with Crippen LogP contribution in [-0.4, -0.2) is 29.6 Å². The molecule has 0 spiro atoms. The second-order valence-electron chi connectivity index (χ2n) is 5.66. The van der Waals surface area contributed by atoms with Gasteiger partial charge in [0.05, 0.1) is 18.7 Å². The van der Waals surface area contributed by atoms with Crippen molar-refractivity contribution in [3.63, 3.8) is 0 Å². The van der Waals surface area contributed by atoms with Gasteiger partial charge in [0.2, 0.25) is 0 Å². The lowest BCUT2D eigenvalue weighted by molar-refractivity contribution is -0.125. The fourth-order valence-corrected chi connectivity index (χ4v) is 2.60. The minimum absolute atomic E-state index is 0.194. The van der Waals surface area contributed by atoms with Crippen LogP contribution in [-0.2, 0) is 16.1 Å². The number of pyridine rings is 1. The Labute approximate surface area is 145 Å². The van der Waals surface area contributed by atoms with E-state index < -0.39 is 6.10 Å². The number of hydrogen-bond acceptors (Lipinski definition) is 6. The van der Waals surface area contributed by atoms with Gasteiger partial charge in [-0.15, -0.1) is 0 Å². The number of nitrogens with zero attached hydrogens (tertiary/aromatic N) is 2. The summed E-state index contributed by atoms with van der Waals surface area (Å²) in [6, 6.07) is 10.3. The Hall–Kier alpha value is -3.09. The van der Waals surface area contributed by atoms with Gasteiger partial charge in [0.1, 0.15) is 5.82 Å². The average Bonchev–Trinajstić information content (AvgIpc) is 2.60. The van der Waals surface area contributed by atoms with Crippen LogP contribution in [0, 0.1) is 0 Å². The Morgan fingerprint density at radius 1 is 1.28 bits per heavy atom. The molecule has 3 rings (SSSR count). The number of rotatable bonds is 4. The average molecular weight is 341 g/mol. The van der Waals surface area contributed by atoms with Gasteiger partial charge in [-0.1, -0.05) is 12.1 Å². The summed E-state index contributed by atoms with van der Waals surface area (Å²) in [7, 11) is 0. The number of ether oxygens (including phenoxy) is 2. The first-order chi connectivity index (χ1) is 12.0. The monoisotopic (exact) mass is 341 g/mol. The molecule has 1 aromatic carbocycles. The van der Waals surface area contributed by atoms with Crippen molar-refractivity contribution in [3.05, 3.63) is 47.5 Å². The van der Waals surface area contributed by atoms with Crippen molar-refractivity contribution >= 4 is 23.5 Å². The summed E-state index contributed by atoms with van der Waals surface area (Å²) in [5.74, 6) is 0.666. The van der Waals surface area contributed by atoms with Crippen molar-refractivity contribution in [2.45, 2.75) is 26.5 Å². The maximum absolute atomic E-state index is 12.5. The van der Waals surface area contributed by atoms with Crippen LogP contribution in [0.25, 0.3) is 0 Å². The number of nitrogen functional groups attached to an aromatic ring is 1. The van der Waals surface area contributed by atoms with E-state index in [1.54, 1.807) is 55.1 Å². The Kier molecular flexibility index (Phi) is 4.56. The van der Waals surface area contributed by atoms with E-state index >= 15 is 0 Å². The molecule has 2 heterocycles. The number of aromatic nitrogens is 1. The number of nitrogens with two attached hydrogens (primary N) is 1. The minimum atomic E-state index is -0.600. The van der Waals surface area contributed by atoms with E-state index in [4.69, 9.17) is 15.2 Å². The van der Waals surface area contributed by atoms with E-state index in [1.165, 1.54) is 0 Å². The molecule has 25 heavy (non-hydrogen) atoms. The van der Waals surface area contributed by atoms with E-state index in [-0.39, 0.29) is 11.9 Å². The van der Waals surface area contributed by atoms with Gasteiger partial charge in [0.15, 0.2) is 17.7 Å². The highest BCUT2D eigenvalue weighted by Crippen LogP contribution is 2.33. The molecule has 1 unspecified atom stereocenters.